The molecular formula is C18H16F6O2. The average molecular weight is 378 g/mol. The monoisotopic (exact) mass is 378 g/mol. The molecule has 2 rings (SSSR count). The maximum atomic E-state index is 14.0. The molecular weight excluding hydrogens is 362 g/mol. The van der Waals surface area contributed by atoms with Gasteiger partial charge in [0.05, 0.1) is 7.11 Å². The Labute approximate surface area is 146 Å². The minimum atomic E-state index is -5.67. The molecule has 0 fully saturated rings. The summed E-state index contributed by atoms with van der Waals surface area (Å²) < 4.78 is 88.8. The lowest BCUT2D eigenvalue weighted by Crippen LogP contribution is -2.54. The first-order chi connectivity index (χ1) is 11.9. The lowest BCUT2D eigenvalue weighted by Gasteiger charge is -2.38. The molecule has 0 aliphatic carbocycles. The van der Waals surface area contributed by atoms with Gasteiger partial charge in [0.25, 0.3) is 0 Å². The highest BCUT2D eigenvalue weighted by molar-refractivity contribution is 5.50. The van der Waals surface area contributed by atoms with Crippen LogP contribution in [0, 0.1) is 13.8 Å². The molecule has 0 radical (unpaired) electrons. The highest BCUT2D eigenvalue weighted by Gasteiger charge is 2.72. The summed E-state index contributed by atoms with van der Waals surface area (Å²) in [6.07, 6.45) is -11.3. The Morgan fingerprint density at radius 2 is 1.23 bits per heavy atom. The van der Waals surface area contributed by atoms with Crippen LogP contribution in [0.2, 0.25) is 0 Å². The van der Waals surface area contributed by atoms with Crippen molar-refractivity contribution >= 4 is 0 Å². The largest absolute Gasteiger partial charge is 0.508 e. The molecule has 0 heterocycles. The summed E-state index contributed by atoms with van der Waals surface area (Å²) in [5.41, 5.74) is -6.18. The van der Waals surface area contributed by atoms with Crippen LogP contribution in [-0.2, 0) is 5.41 Å². The maximum Gasteiger partial charge on any atom is 0.411 e. The molecule has 0 aromatic heterocycles. The fraction of sp³-hybridized carbons (Fsp3) is 0.333. The second-order valence-corrected chi connectivity index (χ2v) is 5.93. The first kappa shape index (κ1) is 19.9. The molecule has 8 heteroatoms. The Bertz CT molecular complexity index is 794. The minimum Gasteiger partial charge on any atom is -0.508 e. The van der Waals surface area contributed by atoms with E-state index in [1.54, 1.807) is 0 Å². The molecule has 26 heavy (non-hydrogen) atoms. The molecule has 2 aromatic rings. The number of methoxy groups -OCH3 is 1. The number of phenolic OH excluding ortho intramolecular Hbond substituents is 1. The predicted molar refractivity (Wildman–Crippen MR) is 83.5 cm³/mol. The van der Waals surface area contributed by atoms with Gasteiger partial charge in [0, 0.05) is 0 Å². The topological polar surface area (TPSA) is 29.5 Å². The molecule has 0 bridgehead atoms. The van der Waals surface area contributed by atoms with E-state index >= 15 is 0 Å². The third-order valence-electron chi connectivity index (χ3n) is 4.31. The van der Waals surface area contributed by atoms with Crippen LogP contribution in [0.4, 0.5) is 26.3 Å². The third-order valence-corrected chi connectivity index (χ3v) is 4.31. The minimum absolute atomic E-state index is 0.0920. The molecule has 0 aliphatic rings. The van der Waals surface area contributed by atoms with Crippen molar-refractivity contribution in [2.75, 3.05) is 7.11 Å². The average Bonchev–Trinajstić information content (AvgIpc) is 2.49. The second kappa shape index (κ2) is 6.41. The first-order valence-corrected chi connectivity index (χ1v) is 7.45. The van der Waals surface area contributed by atoms with Gasteiger partial charge in [-0.2, -0.15) is 26.3 Å². The van der Waals surface area contributed by atoms with Crippen molar-refractivity contribution in [2.24, 2.45) is 0 Å². The van der Waals surface area contributed by atoms with Crippen molar-refractivity contribution in [3.63, 3.8) is 0 Å². The molecule has 0 aliphatic heterocycles. The van der Waals surface area contributed by atoms with Gasteiger partial charge in [0.15, 0.2) is 0 Å². The van der Waals surface area contributed by atoms with E-state index in [2.05, 4.69) is 0 Å². The standard InChI is InChI=1S/C18H16F6O2/c1-10-8-12(4-6-14(10)25)16(17(19,20)21,18(22,23)24)13-5-7-15(26-3)11(2)9-13/h4-9,25H,1-3H3. The van der Waals surface area contributed by atoms with Gasteiger partial charge in [0.2, 0.25) is 5.41 Å². The van der Waals surface area contributed by atoms with Gasteiger partial charge in [0.1, 0.15) is 11.5 Å². The number of hydrogen-bond donors (Lipinski definition) is 1. The van der Waals surface area contributed by atoms with Crippen molar-refractivity contribution in [3.8, 4) is 11.5 Å². The van der Waals surface area contributed by atoms with Gasteiger partial charge in [-0.15, -0.1) is 0 Å². The summed E-state index contributed by atoms with van der Waals surface area (Å²) in [4.78, 5) is 0. The molecule has 2 nitrogen and oxygen atoms in total. The summed E-state index contributed by atoms with van der Waals surface area (Å²) in [6, 6.07) is 4.83. The first-order valence-electron chi connectivity index (χ1n) is 7.45. The van der Waals surface area contributed by atoms with Gasteiger partial charge in [-0.3, -0.25) is 0 Å². The van der Waals surface area contributed by atoms with Crippen molar-refractivity contribution in [2.45, 2.75) is 31.6 Å². The number of rotatable bonds is 3. The van der Waals surface area contributed by atoms with E-state index in [1.807, 2.05) is 0 Å². The van der Waals surface area contributed by atoms with Gasteiger partial charge >= 0.3 is 12.4 Å². The van der Waals surface area contributed by atoms with E-state index in [9.17, 15) is 31.4 Å². The summed E-state index contributed by atoms with van der Waals surface area (Å²) in [5.74, 6) is -0.216. The number of benzene rings is 2. The SMILES string of the molecule is COc1ccc(C(c2ccc(O)c(C)c2)(C(F)(F)F)C(F)(F)F)cc1C. The predicted octanol–water partition coefficient (Wildman–Crippen LogP) is 5.43. The summed E-state index contributed by atoms with van der Waals surface area (Å²) in [5, 5.41) is 9.52. The van der Waals surface area contributed by atoms with Crippen LogP contribution in [0.3, 0.4) is 0 Å². The molecule has 0 amide bonds. The molecule has 1 N–H and O–H groups in total. The summed E-state index contributed by atoms with van der Waals surface area (Å²) in [7, 11) is 1.27. The van der Waals surface area contributed by atoms with E-state index in [0.717, 1.165) is 24.3 Å². The lowest BCUT2D eigenvalue weighted by atomic mass is 9.72. The normalized spacial score (nSPS) is 13.0. The Morgan fingerprint density at radius 3 is 1.62 bits per heavy atom. The number of ether oxygens (including phenoxy) is 1. The molecule has 0 spiro atoms. The Kier molecular flexibility index (Phi) is 4.91. The number of phenols is 1. The number of aromatic hydroxyl groups is 1. The van der Waals surface area contributed by atoms with Gasteiger partial charge in [-0.25, -0.2) is 0 Å². The van der Waals surface area contributed by atoms with Crippen LogP contribution in [0.25, 0.3) is 0 Å². The number of aryl methyl sites for hydroxylation is 2. The number of hydrogen-bond acceptors (Lipinski definition) is 2. The smallest absolute Gasteiger partial charge is 0.411 e. The molecule has 2 aromatic carbocycles. The Morgan fingerprint density at radius 1 is 0.769 bits per heavy atom. The fourth-order valence-electron chi connectivity index (χ4n) is 2.98. The van der Waals surface area contributed by atoms with Gasteiger partial charge < -0.3 is 9.84 Å². The van der Waals surface area contributed by atoms with Crippen molar-refractivity contribution in [3.05, 3.63) is 58.7 Å². The van der Waals surface area contributed by atoms with Crippen LogP contribution in [0.5, 0.6) is 11.5 Å². The number of alkyl halides is 6. The fourth-order valence-corrected chi connectivity index (χ4v) is 2.98. The molecule has 0 unspecified atom stereocenters. The van der Waals surface area contributed by atoms with Gasteiger partial charge in [-0.05, 0) is 48.2 Å². The van der Waals surface area contributed by atoms with E-state index in [-0.39, 0.29) is 16.9 Å². The molecule has 0 atom stereocenters. The zero-order chi connectivity index (χ0) is 19.9. The Balaban J connectivity index is 2.93. The van der Waals surface area contributed by atoms with Crippen molar-refractivity contribution in [1.29, 1.82) is 0 Å². The van der Waals surface area contributed by atoms with Crippen LogP contribution in [0.1, 0.15) is 22.3 Å². The molecule has 142 valence electrons. The lowest BCUT2D eigenvalue weighted by molar-refractivity contribution is -0.288. The second-order valence-electron chi connectivity index (χ2n) is 5.93. The zero-order valence-electron chi connectivity index (χ0n) is 14.1. The van der Waals surface area contributed by atoms with E-state index in [4.69, 9.17) is 4.74 Å². The van der Waals surface area contributed by atoms with Crippen LogP contribution >= 0.6 is 0 Å². The zero-order valence-corrected chi connectivity index (χ0v) is 14.1. The quantitative estimate of drug-likeness (QED) is 0.722. The maximum absolute atomic E-state index is 14.0. The van der Waals surface area contributed by atoms with E-state index in [1.165, 1.54) is 21.0 Å². The van der Waals surface area contributed by atoms with Crippen LogP contribution in [0.15, 0.2) is 36.4 Å². The highest BCUT2D eigenvalue weighted by Crippen LogP contribution is 2.56. The number of halogens is 6. The summed E-state index contributed by atoms with van der Waals surface area (Å²) in [6.45, 7) is 2.59. The molecule has 0 saturated carbocycles. The Hall–Kier alpha value is -2.38. The summed E-state index contributed by atoms with van der Waals surface area (Å²) >= 11 is 0. The third kappa shape index (κ3) is 2.97. The molecule has 0 saturated heterocycles. The van der Waals surface area contributed by atoms with Crippen LogP contribution in [-0.4, -0.2) is 24.6 Å². The van der Waals surface area contributed by atoms with E-state index < -0.39 is 34.6 Å². The van der Waals surface area contributed by atoms with Crippen molar-refractivity contribution < 1.29 is 36.2 Å². The van der Waals surface area contributed by atoms with Crippen LogP contribution < -0.4 is 4.74 Å². The highest BCUT2D eigenvalue weighted by atomic mass is 19.4. The van der Waals surface area contributed by atoms with E-state index in [0.29, 0.717) is 12.1 Å². The van der Waals surface area contributed by atoms with Gasteiger partial charge in [-0.1, -0.05) is 24.3 Å². The van der Waals surface area contributed by atoms with Crippen molar-refractivity contribution in [1.82, 2.24) is 0 Å².